The topological polar surface area (TPSA) is 97.1 Å². The molecule has 8 heteroatoms. The molecule has 7 nitrogen and oxygen atoms in total. The average molecular weight is 296 g/mol. The molecule has 0 spiro atoms. The van der Waals surface area contributed by atoms with Gasteiger partial charge in [-0.3, -0.25) is 0 Å². The molecule has 2 aromatic rings. The first kappa shape index (κ1) is 14.5. The predicted molar refractivity (Wildman–Crippen MR) is 74.0 cm³/mol. The number of aliphatic hydroxyl groups excluding tert-OH is 1. The van der Waals surface area contributed by atoms with E-state index in [2.05, 4.69) is 15.6 Å². The largest absolute Gasteiger partial charge is 0.394 e. The van der Waals surface area contributed by atoms with E-state index in [1.165, 1.54) is 6.26 Å². The molecule has 0 fully saturated rings. The number of aromatic nitrogens is 3. The molecular weight excluding hydrogens is 280 g/mol. The Balaban J connectivity index is 1.96. The second-order valence-corrected chi connectivity index (χ2v) is 6.36. The Morgan fingerprint density at radius 1 is 1.30 bits per heavy atom. The molecule has 0 aliphatic heterocycles. The third-order valence-corrected chi connectivity index (χ3v) is 3.80. The summed E-state index contributed by atoms with van der Waals surface area (Å²) in [6, 6.07) is 6.52. The normalized spacial score (nSPS) is 11.5. The summed E-state index contributed by atoms with van der Waals surface area (Å²) in [7, 11) is -3.17. The van der Waals surface area contributed by atoms with Crippen LogP contribution in [0.2, 0.25) is 0 Å². The van der Waals surface area contributed by atoms with E-state index < -0.39 is 9.84 Å². The molecule has 20 heavy (non-hydrogen) atoms. The van der Waals surface area contributed by atoms with E-state index in [1.54, 1.807) is 35.1 Å². The standard InChI is InChI=1S/C12H16N4O3S/c1-20(18,19)12-4-2-10(3-5-12)13-8-11-9-16(6-7-17)15-14-11/h2-5,9,13,17H,6-8H2,1H3. The zero-order valence-electron chi connectivity index (χ0n) is 11.0. The monoisotopic (exact) mass is 296 g/mol. The van der Waals surface area contributed by atoms with E-state index in [-0.39, 0.29) is 11.5 Å². The highest BCUT2D eigenvalue weighted by atomic mass is 32.2. The number of nitrogens with one attached hydrogen (secondary N) is 1. The number of aliphatic hydroxyl groups is 1. The summed E-state index contributed by atoms with van der Waals surface area (Å²) in [6.07, 6.45) is 2.92. The number of nitrogens with zero attached hydrogens (tertiary/aromatic N) is 3. The van der Waals surface area contributed by atoms with Crippen molar-refractivity contribution in [2.75, 3.05) is 18.2 Å². The van der Waals surface area contributed by atoms with Crippen LogP contribution in [0.5, 0.6) is 0 Å². The van der Waals surface area contributed by atoms with Crippen molar-refractivity contribution in [3.8, 4) is 0 Å². The van der Waals surface area contributed by atoms with Gasteiger partial charge in [0.1, 0.15) is 5.69 Å². The molecule has 0 unspecified atom stereocenters. The van der Waals surface area contributed by atoms with Crippen LogP contribution in [0.4, 0.5) is 5.69 Å². The number of rotatable bonds is 6. The highest BCUT2D eigenvalue weighted by Gasteiger charge is 2.06. The van der Waals surface area contributed by atoms with E-state index >= 15 is 0 Å². The summed E-state index contributed by atoms with van der Waals surface area (Å²) in [4.78, 5) is 0.289. The van der Waals surface area contributed by atoms with E-state index in [9.17, 15) is 8.42 Å². The van der Waals surface area contributed by atoms with Gasteiger partial charge in [-0.05, 0) is 24.3 Å². The highest BCUT2D eigenvalue weighted by molar-refractivity contribution is 7.90. The Hall–Kier alpha value is -1.93. The summed E-state index contributed by atoms with van der Waals surface area (Å²) in [5, 5.41) is 19.7. The molecular formula is C12H16N4O3S. The molecule has 108 valence electrons. The van der Waals surface area contributed by atoms with Gasteiger partial charge in [0.2, 0.25) is 0 Å². The molecule has 0 saturated carbocycles. The quantitative estimate of drug-likeness (QED) is 0.795. The van der Waals surface area contributed by atoms with Crippen molar-refractivity contribution in [1.82, 2.24) is 15.0 Å². The average Bonchev–Trinajstić information content (AvgIpc) is 2.84. The molecule has 0 amide bonds. The second kappa shape index (κ2) is 6.02. The lowest BCUT2D eigenvalue weighted by molar-refractivity contribution is 0.268. The van der Waals surface area contributed by atoms with Crippen molar-refractivity contribution in [1.29, 1.82) is 0 Å². The van der Waals surface area contributed by atoms with Gasteiger partial charge in [0.25, 0.3) is 0 Å². The summed E-state index contributed by atoms with van der Waals surface area (Å²) in [5.74, 6) is 0. The fourth-order valence-electron chi connectivity index (χ4n) is 1.64. The van der Waals surface area contributed by atoms with Crippen molar-refractivity contribution in [3.63, 3.8) is 0 Å². The van der Waals surface area contributed by atoms with E-state index in [4.69, 9.17) is 5.11 Å². The minimum atomic E-state index is -3.17. The van der Waals surface area contributed by atoms with Gasteiger partial charge in [0, 0.05) is 11.9 Å². The second-order valence-electron chi connectivity index (χ2n) is 4.35. The Bertz CT molecular complexity index is 664. The van der Waals surface area contributed by atoms with E-state index in [0.717, 1.165) is 11.4 Å². The number of hydrogen-bond donors (Lipinski definition) is 2. The molecule has 0 radical (unpaired) electrons. The lowest BCUT2D eigenvalue weighted by atomic mass is 10.3. The van der Waals surface area contributed by atoms with Crippen LogP contribution < -0.4 is 5.32 Å². The molecule has 1 aromatic carbocycles. The lowest BCUT2D eigenvalue weighted by Gasteiger charge is -2.05. The lowest BCUT2D eigenvalue weighted by Crippen LogP contribution is -2.02. The number of hydrogen-bond acceptors (Lipinski definition) is 6. The van der Waals surface area contributed by atoms with Gasteiger partial charge in [-0.1, -0.05) is 5.21 Å². The maximum atomic E-state index is 11.3. The summed E-state index contributed by atoms with van der Waals surface area (Å²) in [5.41, 5.74) is 1.54. The predicted octanol–water partition coefficient (Wildman–Crippen LogP) is 0.286. The first-order valence-electron chi connectivity index (χ1n) is 6.03. The van der Waals surface area contributed by atoms with Crippen LogP contribution in [-0.4, -0.2) is 41.4 Å². The van der Waals surface area contributed by atoms with Crippen LogP contribution in [0.1, 0.15) is 5.69 Å². The van der Waals surface area contributed by atoms with Gasteiger partial charge < -0.3 is 10.4 Å². The van der Waals surface area contributed by atoms with Crippen LogP contribution in [0.15, 0.2) is 35.4 Å². The van der Waals surface area contributed by atoms with Crippen molar-refractivity contribution in [3.05, 3.63) is 36.2 Å². The third-order valence-electron chi connectivity index (χ3n) is 2.67. The van der Waals surface area contributed by atoms with Crippen LogP contribution in [0.25, 0.3) is 0 Å². The highest BCUT2D eigenvalue weighted by Crippen LogP contribution is 2.14. The van der Waals surface area contributed by atoms with Gasteiger partial charge >= 0.3 is 0 Å². The first-order chi connectivity index (χ1) is 9.49. The summed E-state index contributed by atoms with van der Waals surface area (Å²) >= 11 is 0. The Kier molecular flexibility index (Phi) is 4.35. The molecule has 0 aliphatic carbocycles. The first-order valence-corrected chi connectivity index (χ1v) is 7.92. The van der Waals surface area contributed by atoms with Crippen molar-refractivity contribution >= 4 is 15.5 Å². The molecule has 2 rings (SSSR count). The zero-order valence-corrected chi connectivity index (χ0v) is 11.8. The fraction of sp³-hybridized carbons (Fsp3) is 0.333. The van der Waals surface area contributed by atoms with Crippen LogP contribution in [0, 0.1) is 0 Å². The van der Waals surface area contributed by atoms with Crippen LogP contribution >= 0.6 is 0 Å². The number of sulfone groups is 1. The third kappa shape index (κ3) is 3.78. The minimum Gasteiger partial charge on any atom is -0.394 e. The maximum absolute atomic E-state index is 11.3. The molecule has 1 heterocycles. The Labute approximate surface area is 117 Å². The number of anilines is 1. The molecule has 2 N–H and O–H groups in total. The SMILES string of the molecule is CS(=O)(=O)c1ccc(NCc2cn(CCO)nn2)cc1. The van der Waals surface area contributed by atoms with Crippen LogP contribution in [0.3, 0.4) is 0 Å². The Morgan fingerprint density at radius 2 is 2.00 bits per heavy atom. The van der Waals surface area contributed by atoms with E-state index in [1.807, 2.05) is 0 Å². The zero-order chi connectivity index (χ0) is 14.6. The minimum absolute atomic E-state index is 0.0170. The molecule has 0 aliphatic rings. The number of benzene rings is 1. The van der Waals surface area contributed by atoms with Gasteiger partial charge in [0.05, 0.1) is 30.8 Å². The van der Waals surface area contributed by atoms with E-state index in [0.29, 0.717) is 13.1 Å². The van der Waals surface area contributed by atoms with Crippen molar-refractivity contribution < 1.29 is 13.5 Å². The van der Waals surface area contributed by atoms with Gasteiger partial charge in [-0.2, -0.15) is 0 Å². The van der Waals surface area contributed by atoms with Crippen LogP contribution in [-0.2, 0) is 22.9 Å². The van der Waals surface area contributed by atoms with Crippen molar-refractivity contribution in [2.45, 2.75) is 18.0 Å². The fourth-order valence-corrected chi connectivity index (χ4v) is 2.27. The summed E-state index contributed by atoms with van der Waals surface area (Å²) in [6.45, 7) is 0.906. The molecule has 0 atom stereocenters. The summed E-state index contributed by atoms with van der Waals surface area (Å²) < 4.78 is 24.2. The van der Waals surface area contributed by atoms with Gasteiger partial charge in [-0.25, -0.2) is 13.1 Å². The maximum Gasteiger partial charge on any atom is 0.175 e. The van der Waals surface area contributed by atoms with Gasteiger partial charge in [-0.15, -0.1) is 5.10 Å². The van der Waals surface area contributed by atoms with Gasteiger partial charge in [0.15, 0.2) is 9.84 Å². The molecule has 0 bridgehead atoms. The van der Waals surface area contributed by atoms with Crippen molar-refractivity contribution in [2.24, 2.45) is 0 Å². The molecule has 0 saturated heterocycles. The smallest absolute Gasteiger partial charge is 0.175 e. The Morgan fingerprint density at radius 3 is 2.60 bits per heavy atom. The molecule has 1 aromatic heterocycles.